The molecule has 2 amide bonds. The van der Waals surface area contributed by atoms with Crippen molar-refractivity contribution in [1.29, 1.82) is 0 Å². The molecule has 118 valence electrons. The SMILES string of the molecule is O=C(NCCn1cncn1)Nc1nc2ccc([N+](=O)[O-])cc2s1. The van der Waals surface area contributed by atoms with Crippen LogP contribution in [0.3, 0.4) is 0 Å². The molecule has 0 aliphatic carbocycles. The highest BCUT2D eigenvalue weighted by Crippen LogP contribution is 2.28. The first-order valence-corrected chi connectivity index (χ1v) is 7.36. The smallest absolute Gasteiger partial charge is 0.321 e. The first kappa shape index (κ1) is 14.8. The molecule has 0 bridgehead atoms. The highest BCUT2D eigenvalue weighted by atomic mass is 32.1. The van der Waals surface area contributed by atoms with Crippen LogP contribution in [-0.2, 0) is 6.54 Å². The Bertz CT molecular complexity index is 846. The maximum atomic E-state index is 11.8. The van der Waals surface area contributed by atoms with E-state index < -0.39 is 11.0 Å². The molecule has 3 rings (SSSR count). The van der Waals surface area contributed by atoms with Gasteiger partial charge in [0.05, 0.1) is 21.7 Å². The van der Waals surface area contributed by atoms with E-state index in [1.807, 2.05) is 0 Å². The molecule has 2 heterocycles. The van der Waals surface area contributed by atoms with E-state index in [2.05, 4.69) is 25.7 Å². The van der Waals surface area contributed by atoms with Gasteiger partial charge in [0.25, 0.3) is 5.69 Å². The number of carbonyl (C=O) groups is 1. The quantitative estimate of drug-likeness (QED) is 0.539. The fourth-order valence-electron chi connectivity index (χ4n) is 1.85. The van der Waals surface area contributed by atoms with Crippen molar-refractivity contribution in [1.82, 2.24) is 25.1 Å². The van der Waals surface area contributed by atoms with Gasteiger partial charge >= 0.3 is 6.03 Å². The standard InChI is InChI=1S/C12H11N7O3S/c20-11(14-3-4-18-7-13-6-15-18)17-12-16-9-2-1-8(19(21)22)5-10(9)23-12/h1-2,5-7H,3-4H2,(H2,14,16,17,20). The zero-order valence-electron chi connectivity index (χ0n) is 11.7. The van der Waals surface area contributed by atoms with Gasteiger partial charge < -0.3 is 5.32 Å². The molecule has 1 aromatic carbocycles. The number of nitrogens with one attached hydrogen (secondary N) is 2. The zero-order chi connectivity index (χ0) is 16.2. The summed E-state index contributed by atoms with van der Waals surface area (Å²) in [6.07, 6.45) is 2.97. The number of carbonyl (C=O) groups excluding carboxylic acids is 1. The van der Waals surface area contributed by atoms with Gasteiger partial charge in [0.2, 0.25) is 0 Å². The van der Waals surface area contributed by atoms with Gasteiger partial charge in [0.15, 0.2) is 5.13 Å². The lowest BCUT2D eigenvalue weighted by Crippen LogP contribution is -2.31. The molecule has 2 N–H and O–H groups in total. The molecule has 0 saturated carbocycles. The monoisotopic (exact) mass is 333 g/mol. The van der Waals surface area contributed by atoms with Gasteiger partial charge in [-0.25, -0.2) is 14.8 Å². The Labute approximate surface area is 133 Å². The van der Waals surface area contributed by atoms with E-state index in [0.29, 0.717) is 28.4 Å². The number of nitro benzene ring substituents is 1. The Kier molecular flexibility index (Phi) is 4.10. The van der Waals surface area contributed by atoms with Crippen LogP contribution in [0.25, 0.3) is 10.2 Å². The molecule has 0 saturated heterocycles. The summed E-state index contributed by atoms with van der Waals surface area (Å²) in [6, 6.07) is 3.96. The fourth-order valence-corrected chi connectivity index (χ4v) is 2.75. The van der Waals surface area contributed by atoms with Crippen molar-refractivity contribution in [3.05, 3.63) is 41.0 Å². The molecule has 0 unspecified atom stereocenters. The predicted molar refractivity (Wildman–Crippen MR) is 83.3 cm³/mol. The maximum absolute atomic E-state index is 11.8. The molecule has 0 aliphatic heterocycles. The minimum atomic E-state index is -0.469. The fraction of sp³-hybridized carbons (Fsp3) is 0.167. The molecular weight excluding hydrogens is 322 g/mol. The molecule has 11 heteroatoms. The Morgan fingerprint density at radius 2 is 2.30 bits per heavy atom. The lowest BCUT2D eigenvalue weighted by molar-refractivity contribution is -0.384. The third-order valence-electron chi connectivity index (χ3n) is 2.90. The van der Waals surface area contributed by atoms with E-state index in [4.69, 9.17) is 0 Å². The second-order valence-corrected chi connectivity index (χ2v) is 5.50. The van der Waals surface area contributed by atoms with Gasteiger partial charge in [0, 0.05) is 18.7 Å². The molecule has 10 nitrogen and oxygen atoms in total. The lowest BCUT2D eigenvalue weighted by Gasteiger charge is -2.04. The van der Waals surface area contributed by atoms with Crippen molar-refractivity contribution in [2.75, 3.05) is 11.9 Å². The number of nitro groups is 1. The summed E-state index contributed by atoms with van der Waals surface area (Å²) in [6.45, 7) is 0.880. The summed E-state index contributed by atoms with van der Waals surface area (Å²) in [5.41, 5.74) is 0.587. The van der Waals surface area contributed by atoms with Crippen molar-refractivity contribution >= 4 is 38.4 Å². The summed E-state index contributed by atoms with van der Waals surface area (Å²) < 4.78 is 2.23. The van der Waals surface area contributed by atoms with Gasteiger partial charge in [-0.1, -0.05) is 11.3 Å². The highest BCUT2D eigenvalue weighted by Gasteiger charge is 2.11. The first-order valence-electron chi connectivity index (χ1n) is 6.54. The molecule has 3 aromatic rings. The topological polar surface area (TPSA) is 128 Å². The summed E-state index contributed by atoms with van der Waals surface area (Å²) in [5.74, 6) is 0. The Hall–Kier alpha value is -3.08. The molecule has 0 spiro atoms. The number of non-ortho nitro benzene ring substituents is 1. The minimum absolute atomic E-state index is 0.00927. The van der Waals surface area contributed by atoms with Crippen LogP contribution >= 0.6 is 11.3 Å². The van der Waals surface area contributed by atoms with Gasteiger partial charge in [0.1, 0.15) is 12.7 Å². The number of amides is 2. The van der Waals surface area contributed by atoms with Crippen LogP contribution in [0.5, 0.6) is 0 Å². The molecule has 0 atom stereocenters. The van der Waals surface area contributed by atoms with E-state index in [9.17, 15) is 14.9 Å². The molecule has 23 heavy (non-hydrogen) atoms. The number of hydrogen-bond donors (Lipinski definition) is 2. The van der Waals surface area contributed by atoms with Gasteiger partial charge in [-0.2, -0.15) is 5.10 Å². The second-order valence-electron chi connectivity index (χ2n) is 4.47. The number of fused-ring (bicyclic) bond motifs is 1. The van der Waals surface area contributed by atoms with Crippen LogP contribution < -0.4 is 10.6 Å². The Balaban J connectivity index is 1.59. The summed E-state index contributed by atoms with van der Waals surface area (Å²) in [5, 5.41) is 20.3. The average molecular weight is 333 g/mol. The first-order chi connectivity index (χ1) is 11.1. The summed E-state index contributed by atoms with van der Waals surface area (Å²) >= 11 is 1.17. The molecule has 2 aromatic heterocycles. The van der Waals surface area contributed by atoms with Gasteiger partial charge in [-0.05, 0) is 6.07 Å². The van der Waals surface area contributed by atoms with Gasteiger partial charge in [-0.3, -0.25) is 20.1 Å². The van der Waals surface area contributed by atoms with E-state index >= 15 is 0 Å². The van der Waals surface area contributed by atoms with Crippen molar-refractivity contribution < 1.29 is 9.72 Å². The van der Waals surface area contributed by atoms with Crippen molar-refractivity contribution in [3.8, 4) is 0 Å². The van der Waals surface area contributed by atoms with E-state index in [1.54, 1.807) is 17.1 Å². The van der Waals surface area contributed by atoms with Crippen LogP contribution in [-0.4, -0.2) is 37.2 Å². The zero-order valence-corrected chi connectivity index (χ0v) is 12.5. The average Bonchev–Trinajstić information content (AvgIpc) is 3.14. The minimum Gasteiger partial charge on any atom is -0.336 e. The number of thiazole rings is 1. The van der Waals surface area contributed by atoms with Crippen molar-refractivity contribution in [2.24, 2.45) is 0 Å². The van der Waals surface area contributed by atoms with Crippen molar-refractivity contribution in [2.45, 2.75) is 6.54 Å². The number of rotatable bonds is 5. The highest BCUT2D eigenvalue weighted by molar-refractivity contribution is 7.22. The van der Waals surface area contributed by atoms with E-state index in [1.165, 1.54) is 29.8 Å². The van der Waals surface area contributed by atoms with Crippen LogP contribution in [0, 0.1) is 10.1 Å². The lowest BCUT2D eigenvalue weighted by atomic mass is 10.3. The number of hydrogen-bond acceptors (Lipinski definition) is 7. The van der Waals surface area contributed by atoms with Gasteiger partial charge in [-0.15, -0.1) is 0 Å². The third-order valence-corrected chi connectivity index (χ3v) is 3.83. The molecular formula is C12H11N7O3S. The van der Waals surface area contributed by atoms with E-state index in [-0.39, 0.29) is 5.69 Å². The van der Waals surface area contributed by atoms with Crippen LogP contribution in [0.4, 0.5) is 15.6 Å². The number of anilines is 1. The number of benzene rings is 1. The Morgan fingerprint density at radius 3 is 3.04 bits per heavy atom. The third kappa shape index (κ3) is 3.58. The maximum Gasteiger partial charge on any atom is 0.321 e. The largest absolute Gasteiger partial charge is 0.336 e. The molecule has 0 radical (unpaired) electrons. The summed E-state index contributed by atoms with van der Waals surface area (Å²) in [7, 11) is 0. The van der Waals surface area contributed by atoms with Crippen LogP contribution in [0.15, 0.2) is 30.9 Å². The number of aromatic nitrogens is 4. The molecule has 0 aliphatic rings. The predicted octanol–water partition coefficient (Wildman–Crippen LogP) is 1.62. The second kappa shape index (κ2) is 6.36. The number of nitrogens with zero attached hydrogens (tertiary/aromatic N) is 5. The summed E-state index contributed by atoms with van der Waals surface area (Å²) in [4.78, 5) is 30.1. The molecule has 0 fully saturated rings. The normalized spacial score (nSPS) is 10.6. The number of urea groups is 1. The van der Waals surface area contributed by atoms with Crippen LogP contribution in [0.2, 0.25) is 0 Å². The van der Waals surface area contributed by atoms with E-state index in [0.717, 1.165) is 0 Å². The van der Waals surface area contributed by atoms with Crippen molar-refractivity contribution in [3.63, 3.8) is 0 Å². The Morgan fingerprint density at radius 1 is 1.43 bits per heavy atom. The van der Waals surface area contributed by atoms with Crippen LogP contribution in [0.1, 0.15) is 0 Å².